The van der Waals surface area contributed by atoms with Crippen LogP contribution in [0.5, 0.6) is 11.5 Å². The van der Waals surface area contributed by atoms with Gasteiger partial charge in [-0.25, -0.2) is 9.67 Å². The molecule has 0 amide bonds. The van der Waals surface area contributed by atoms with Crippen molar-refractivity contribution in [3.8, 4) is 17.2 Å². The summed E-state index contributed by atoms with van der Waals surface area (Å²) >= 11 is 0. The molecule has 26 heavy (non-hydrogen) atoms. The summed E-state index contributed by atoms with van der Waals surface area (Å²) in [5, 5.41) is 9.04. The van der Waals surface area contributed by atoms with Crippen molar-refractivity contribution in [2.24, 2.45) is 11.1 Å². The normalized spacial score (nSPS) is 21.7. The van der Waals surface area contributed by atoms with Crippen molar-refractivity contribution in [3.63, 3.8) is 0 Å². The highest BCUT2D eigenvalue weighted by molar-refractivity contribution is 5.87. The van der Waals surface area contributed by atoms with Gasteiger partial charge in [-0.1, -0.05) is 19.0 Å². The number of hydrogen-bond acceptors (Lipinski definition) is 6. The topological polar surface area (TPSA) is 70.8 Å². The minimum Gasteiger partial charge on any atom is -0.486 e. The Morgan fingerprint density at radius 3 is 2.65 bits per heavy atom. The van der Waals surface area contributed by atoms with Gasteiger partial charge in [-0.2, -0.15) is 5.10 Å². The van der Waals surface area contributed by atoms with E-state index in [0.29, 0.717) is 25.0 Å². The molecule has 0 radical (unpaired) electrons. The number of benzene rings is 1. The number of rotatable bonds is 4. The van der Waals surface area contributed by atoms with Crippen molar-refractivity contribution in [2.45, 2.75) is 45.1 Å². The predicted molar refractivity (Wildman–Crippen MR) is 95.0 cm³/mol. The molecule has 1 aromatic heterocycles. The second-order valence-corrected chi connectivity index (χ2v) is 7.38. The first-order valence-corrected chi connectivity index (χ1v) is 9.28. The molecule has 0 saturated heterocycles. The monoisotopic (exact) mass is 354 g/mol. The molecule has 7 nitrogen and oxygen atoms in total. The molecule has 136 valence electrons. The first-order valence-electron chi connectivity index (χ1n) is 9.28. The van der Waals surface area contributed by atoms with E-state index in [9.17, 15) is 0 Å². The number of fused-ring (bicyclic) bond motifs is 1. The molecule has 7 heteroatoms. The second-order valence-electron chi connectivity index (χ2n) is 7.38. The van der Waals surface area contributed by atoms with Crippen LogP contribution < -0.4 is 9.47 Å². The maximum atomic E-state index is 5.73. The van der Waals surface area contributed by atoms with Gasteiger partial charge >= 0.3 is 0 Å². The van der Waals surface area contributed by atoms with Crippen LogP contribution in [0, 0.1) is 5.92 Å². The fourth-order valence-electron chi connectivity index (χ4n) is 3.29. The van der Waals surface area contributed by atoms with Crippen LogP contribution in [0.2, 0.25) is 0 Å². The highest BCUT2D eigenvalue weighted by Crippen LogP contribution is 2.40. The summed E-state index contributed by atoms with van der Waals surface area (Å²) in [5.74, 6) is 4.06. The van der Waals surface area contributed by atoms with E-state index in [4.69, 9.17) is 24.4 Å². The number of oxime groups is 1. The van der Waals surface area contributed by atoms with Crippen LogP contribution in [-0.4, -0.2) is 33.7 Å². The van der Waals surface area contributed by atoms with E-state index >= 15 is 0 Å². The third-order valence-electron chi connectivity index (χ3n) is 5.01. The first-order chi connectivity index (χ1) is 12.7. The molecule has 1 fully saturated rings. The van der Waals surface area contributed by atoms with E-state index in [1.165, 1.54) is 0 Å². The van der Waals surface area contributed by atoms with Gasteiger partial charge in [-0.05, 0) is 30.9 Å². The average Bonchev–Trinajstić information content (AvgIpc) is 3.21. The summed E-state index contributed by atoms with van der Waals surface area (Å²) in [6.07, 6.45) is 2.87. The fraction of sp³-hybridized carbons (Fsp3) is 0.526. The number of hydrogen-bond donors (Lipinski definition) is 0. The van der Waals surface area contributed by atoms with Crippen LogP contribution >= 0.6 is 0 Å². The standard InChI is InChI=1S/C19H22N4O3/c1-11(2)14-10-17(26-22-14)19-20-18(12-3-4-12)21-23(19)13-5-6-15-16(9-13)25-8-7-24-15/h5-6,9,11-12,17H,3-4,7-8,10H2,1-2H3. The predicted octanol–water partition coefficient (Wildman–Crippen LogP) is 3.39. The van der Waals surface area contributed by atoms with E-state index in [2.05, 4.69) is 19.0 Å². The van der Waals surface area contributed by atoms with Gasteiger partial charge in [0, 0.05) is 18.4 Å². The lowest BCUT2D eigenvalue weighted by Gasteiger charge is -2.19. The summed E-state index contributed by atoms with van der Waals surface area (Å²) in [6, 6.07) is 5.88. The molecule has 3 aliphatic rings. The van der Waals surface area contributed by atoms with Crippen molar-refractivity contribution in [1.82, 2.24) is 14.8 Å². The lowest BCUT2D eigenvalue weighted by Crippen LogP contribution is -2.16. The minimum atomic E-state index is -0.194. The Kier molecular flexibility index (Phi) is 3.62. The molecule has 0 bridgehead atoms. The van der Waals surface area contributed by atoms with Crippen LogP contribution in [0.1, 0.15) is 56.8 Å². The fourth-order valence-corrected chi connectivity index (χ4v) is 3.29. The molecule has 2 aliphatic heterocycles. The zero-order valence-corrected chi connectivity index (χ0v) is 15.0. The van der Waals surface area contributed by atoms with E-state index in [1.54, 1.807) is 0 Å². The van der Waals surface area contributed by atoms with Crippen LogP contribution in [0.4, 0.5) is 0 Å². The van der Waals surface area contributed by atoms with Gasteiger partial charge in [0.1, 0.15) is 13.2 Å². The van der Waals surface area contributed by atoms with E-state index < -0.39 is 0 Å². The molecule has 1 aromatic carbocycles. The number of nitrogens with zero attached hydrogens (tertiary/aromatic N) is 4. The number of ether oxygens (including phenoxy) is 2. The maximum absolute atomic E-state index is 5.73. The van der Waals surface area contributed by atoms with Gasteiger partial charge in [0.25, 0.3) is 0 Å². The Morgan fingerprint density at radius 1 is 1.12 bits per heavy atom. The van der Waals surface area contributed by atoms with Gasteiger partial charge in [0.15, 0.2) is 29.3 Å². The van der Waals surface area contributed by atoms with Crippen molar-refractivity contribution >= 4 is 5.71 Å². The summed E-state index contributed by atoms with van der Waals surface area (Å²) in [7, 11) is 0. The third-order valence-corrected chi connectivity index (χ3v) is 5.01. The second kappa shape index (κ2) is 6.00. The highest BCUT2D eigenvalue weighted by atomic mass is 16.6. The van der Waals surface area contributed by atoms with Crippen molar-refractivity contribution in [3.05, 3.63) is 29.8 Å². The molecule has 1 saturated carbocycles. The molecule has 0 spiro atoms. The summed E-state index contributed by atoms with van der Waals surface area (Å²) in [6.45, 7) is 5.40. The van der Waals surface area contributed by atoms with Gasteiger partial charge in [-0.3, -0.25) is 0 Å². The van der Waals surface area contributed by atoms with Crippen molar-refractivity contribution in [2.75, 3.05) is 13.2 Å². The first kappa shape index (κ1) is 15.7. The van der Waals surface area contributed by atoms with Gasteiger partial charge in [0.2, 0.25) is 0 Å². The van der Waals surface area contributed by atoms with Gasteiger partial charge in [-0.15, -0.1) is 0 Å². The zero-order valence-electron chi connectivity index (χ0n) is 15.0. The largest absolute Gasteiger partial charge is 0.486 e. The zero-order chi connectivity index (χ0) is 17.7. The molecule has 1 atom stereocenters. The quantitative estimate of drug-likeness (QED) is 0.842. The van der Waals surface area contributed by atoms with Gasteiger partial charge < -0.3 is 14.3 Å². The molecule has 3 heterocycles. The maximum Gasteiger partial charge on any atom is 0.192 e. The Bertz CT molecular complexity index is 870. The molecule has 1 unspecified atom stereocenters. The molecule has 1 aliphatic carbocycles. The van der Waals surface area contributed by atoms with Crippen LogP contribution in [-0.2, 0) is 4.84 Å². The Morgan fingerprint density at radius 2 is 1.92 bits per heavy atom. The highest BCUT2D eigenvalue weighted by Gasteiger charge is 2.34. The molecule has 2 aromatic rings. The van der Waals surface area contributed by atoms with Crippen molar-refractivity contribution < 1.29 is 14.3 Å². The smallest absolute Gasteiger partial charge is 0.192 e. The van der Waals surface area contributed by atoms with Crippen LogP contribution in [0.25, 0.3) is 5.69 Å². The SMILES string of the molecule is CC(C)C1=NOC(c2nc(C3CC3)nn2-c2ccc3c(c2)OCCO3)C1. The van der Waals surface area contributed by atoms with Crippen LogP contribution in [0.15, 0.2) is 23.4 Å². The molecular formula is C19H22N4O3. The molecule has 0 N–H and O–H groups in total. The lowest BCUT2D eigenvalue weighted by atomic mass is 10.0. The average molecular weight is 354 g/mol. The van der Waals surface area contributed by atoms with Crippen molar-refractivity contribution in [1.29, 1.82) is 0 Å². The van der Waals surface area contributed by atoms with Gasteiger partial charge in [0.05, 0.1) is 11.4 Å². The van der Waals surface area contributed by atoms with E-state index in [1.807, 2.05) is 22.9 Å². The third kappa shape index (κ3) is 2.71. The van der Waals surface area contributed by atoms with E-state index in [0.717, 1.165) is 53.8 Å². The summed E-state index contributed by atoms with van der Waals surface area (Å²) in [4.78, 5) is 10.5. The summed E-state index contributed by atoms with van der Waals surface area (Å²) in [5.41, 5.74) is 1.98. The van der Waals surface area contributed by atoms with E-state index in [-0.39, 0.29) is 6.10 Å². The number of aromatic nitrogens is 3. The molecule has 5 rings (SSSR count). The minimum absolute atomic E-state index is 0.194. The molecular weight excluding hydrogens is 332 g/mol. The van der Waals surface area contributed by atoms with Crippen LogP contribution in [0.3, 0.4) is 0 Å². The lowest BCUT2D eigenvalue weighted by molar-refractivity contribution is 0.0774. The Labute approximate surface area is 152 Å². The Balaban J connectivity index is 1.52. The Hall–Kier alpha value is -2.57. The summed E-state index contributed by atoms with van der Waals surface area (Å²) < 4.78 is 13.2.